The van der Waals surface area contributed by atoms with E-state index in [9.17, 15) is 4.79 Å². The van der Waals surface area contributed by atoms with Crippen LogP contribution in [0.25, 0.3) is 5.69 Å². The number of rotatable bonds is 6. The first kappa shape index (κ1) is 18.5. The van der Waals surface area contributed by atoms with Crippen LogP contribution >= 0.6 is 0 Å². The first-order valence-electron chi connectivity index (χ1n) is 8.91. The summed E-state index contributed by atoms with van der Waals surface area (Å²) in [6.45, 7) is 6.26. The average Bonchev–Trinajstić information content (AvgIpc) is 2.90. The molecule has 0 fully saturated rings. The van der Waals surface area contributed by atoms with Gasteiger partial charge in [-0.3, -0.25) is 9.48 Å². The maximum Gasteiger partial charge on any atom is 0.295 e. The zero-order valence-electron chi connectivity index (χ0n) is 16.1. The van der Waals surface area contributed by atoms with Gasteiger partial charge in [0.1, 0.15) is 12.3 Å². The summed E-state index contributed by atoms with van der Waals surface area (Å²) in [5.41, 5.74) is 4.80. The molecule has 6 nitrogen and oxygen atoms in total. The molecule has 6 heteroatoms. The lowest BCUT2D eigenvalue weighted by Crippen LogP contribution is -2.20. The van der Waals surface area contributed by atoms with Crippen molar-refractivity contribution in [3.05, 3.63) is 76.2 Å². The molecule has 140 valence electrons. The van der Waals surface area contributed by atoms with E-state index in [0.717, 1.165) is 28.3 Å². The van der Waals surface area contributed by atoms with E-state index in [-0.39, 0.29) is 5.56 Å². The molecule has 0 saturated carbocycles. The van der Waals surface area contributed by atoms with Crippen LogP contribution in [-0.2, 0) is 11.9 Å². The third-order valence-electron chi connectivity index (χ3n) is 4.46. The number of benzene rings is 2. The van der Waals surface area contributed by atoms with Crippen LogP contribution in [0.2, 0.25) is 0 Å². The summed E-state index contributed by atoms with van der Waals surface area (Å²) in [6, 6.07) is 17.4. The lowest BCUT2D eigenvalue weighted by molar-refractivity contribution is 0.159. The molecule has 0 radical (unpaired) electrons. The van der Waals surface area contributed by atoms with E-state index in [1.165, 1.54) is 0 Å². The van der Waals surface area contributed by atoms with Gasteiger partial charge in [0.15, 0.2) is 0 Å². The van der Waals surface area contributed by atoms with Crippen molar-refractivity contribution in [1.29, 1.82) is 0 Å². The van der Waals surface area contributed by atoms with Crippen LogP contribution in [0.1, 0.15) is 25.1 Å². The van der Waals surface area contributed by atoms with E-state index in [1.54, 1.807) is 4.68 Å². The fourth-order valence-electron chi connectivity index (χ4n) is 2.87. The highest BCUT2D eigenvalue weighted by molar-refractivity contribution is 5.98. The zero-order valence-corrected chi connectivity index (χ0v) is 16.1. The van der Waals surface area contributed by atoms with E-state index < -0.39 is 0 Å². The van der Waals surface area contributed by atoms with Crippen LogP contribution in [0.3, 0.4) is 0 Å². The molecule has 1 aromatic heterocycles. The highest BCUT2D eigenvalue weighted by Crippen LogP contribution is 2.20. The standard InChI is InChI=1S/C21H24N4O2/c1-5-27-23-15(2)17-11-13-18(14-12-17)22-20-16(3)24(4)25(21(20)26)19-9-7-6-8-10-19/h6-14,22H,5H2,1-4H3/b23-15+. The van der Waals surface area contributed by atoms with E-state index in [4.69, 9.17) is 4.84 Å². The number of oxime groups is 1. The lowest BCUT2D eigenvalue weighted by Gasteiger charge is -2.07. The van der Waals surface area contributed by atoms with Crippen LogP contribution in [0.4, 0.5) is 11.4 Å². The first-order valence-corrected chi connectivity index (χ1v) is 8.91. The van der Waals surface area contributed by atoms with Gasteiger partial charge < -0.3 is 10.2 Å². The van der Waals surface area contributed by atoms with Crippen LogP contribution in [-0.4, -0.2) is 21.7 Å². The molecule has 27 heavy (non-hydrogen) atoms. The molecular weight excluding hydrogens is 340 g/mol. The van der Waals surface area contributed by atoms with Gasteiger partial charge in [0, 0.05) is 12.7 Å². The van der Waals surface area contributed by atoms with Gasteiger partial charge in [-0.15, -0.1) is 0 Å². The number of para-hydroxylation sites is 1. The Kier molecular flexibility index (Phi) is 5.45. The van der Waals surface area contributed by atoms with Crippen LogP contribution < -0.4 is 10.9 Å². The van der Waals surface area contributed by atoms with Crippen LogP contribution in [0, 0.1) is 6.92 Å². The minimum absolute atomic E-state index is 0.0839. The summed E-state index contributed by atoms with van der Waals surface area (Å²) in [4.78, 5) is 18.0. The predicted molar refractivity (Wildman–Crippen MR) is 109 cm³/mol. The van der Waals surface area contributed by atoms with Crippen molar-refractivity contribution in [1.82, 2.24) is 9.36 Å². The Morgan fingerprint density at radius 2 is 1.78 bits per heavy atom. The third kappa shape index (κ3) is 3.79. The van der Waals surface area contributed by atoms with Crippen molar-refractivity contribution in [2.75, 3.05) is 11.9 Å². The van der Waals surface area contributed by atoms with Crippen LogP contribution in [0.5, 0.6) is 0 Å². The fraction of sp³-hybridized carbons (Fsp3) is 0.238. The van der Waals surface area contributed by atoms with Gasteiger partial charge in [0.25, 0.3) is 5.56 Å². The normalized spacial score (nSPS) is 11.5. The Labute approximate surface area is 158 Å². The lowest BCUT2D eigenvalue weighted by atomic mass is 10.1. The molecule has 0 aliphatic heterocycles. The summed E-state index contributed by atoms with van der Waals surface area (Å²) in [6.07, 6.45) is 0. The SMILES string of the molecule is CCO/N=C(\C)c1ccc(Nc2c(C)n(C)n(-c3ccccc3)c2=O)cc1. The summed E-state index contributed by atoms with van der Waals surface area (Å²) >= 11 is 0. The molecule has 3 aromatic rings. The van der Waals surface area contributed by atoms with Gasteiger partial charge in [-0.1, -0.05) is 35.5 Å². The molecule has 3 rings (SSSR count). The second kappa shape index (κ2) is 7.95. The topological polar surface area (TPSA) is 60.5 Å². The molecule has 2 aromatic carbocycles. The maximum atomic E-state index is 13.0. The van der Waals surface area contributed by atoms with E-state index in [2.05, 4.69) is 10.5 Å². The van der Waals surface area contributed by atoms with Gasteiger partial charge in [-0.25, -0.2) is 4.68 Å². The Balaban J connectivity index is 1.90. The minimum atomic E-state index is -0.0839. The van der Waals surface area contributed by atoms with Crippen molar-refractivity contribution >= 4 is 17.1 Å². The quantitative estimate of drug-likeness (QED) is 0.531. The van der Waals surface area contributed by atoms with Gasteiger partial charge >= 0.3 is 0 Å². The van der Waals surface area contributed by atoms with Gasteiger partial charge in [0.2, 0.25) is 0 Å². The Morgan fingerprint density at radius 3 is 2.41 bits per heavy atom. The van der Waals surface area contributed by atoms with Crippen molar-refractivity contribution in [3.8, 4) is 5.69 Å². The molecule has 0 saturated heterocycles. The van der Waals surface area contributed by atoms with E-state index >= 15 is 0 Å². The number of aromatic nitrogens is 2. The van der Waals surface area contributed by atoms with Crippen molar-refractivity contribution in [2.45, 2.75) is 20.8 Å². The molecule has 0 unspecified atom stereocenters. The molecule has 1 heterocycles. The minimum Gasteiger partial charge on any atom is -0.396 e. The molecular formula is C21H24N4O2. The van der Waals surface area contributed by atoms with Gasteiger partial charge in [-0.05, 0) is 50.6 Å². The molecule has 0 aliphatic carbocycles. The Morgan fingerprint density at radius 1 is 1.11 bits per heavy atom. The predicted octanol–water partition coefficient (Wildman–Crippen LogP) is 3.99. The van der Waals surface area contributed by atoms with Crippen molar-refractivity contribution < 1.29 is 4.84 Å². The largest absolute Gasteiger partial charge is 0.396 e. The second-order valence-corrected chi connectivity index (χ2v) is 6.23. The van der Waals surface area contributed by atoms with Crippen molar-refractivity contribution in [3.63, 3.8) is 0 Å². The third-order valence-corrected chi connectivity index (χ3v) is 4.46. The first-order chi connectivity index (χ1) is 13.0. The molecule has 0 atom stereocenters. The molecule has 1 N–H and O–H groups in total. The number of hydrogen-bond donors (Lipinski definition) is 1. The number of anilines is 2. The van der Waals surface area contributed by atoms with Crippen molar-refractivity contribution in [2.24, 2.45) is 12.2 Å². The van der Waals surface area contributed by atoms with E-state index in [0.29, 0.717) is 12.3 Å². The monoisotopic (exact) mass is 364 g/mol. The highest BCUT2D eigenvalue weighted by atomic mass is 16.6. The Hall–Kier alpha value is -3.28. The average molecular weight is 364 g/mol. The number of nitrogens with one attached hydrogen (secondary N) is 1. The molecule has 0 amide bonds. The second-order valence-electron chi connectivity index (χ2n) is 6.23. The van der Waals surface area contributed by atoms with E-state index in [1.807, 2.05) is 87.1 Å². The fourth-order valence-corrected chi connectivity index (χ4v) is 2.87. The highest BCUT2D eigenvalue weighted by Gasteiger charge is 2.16. The summed E-state index contributed by atoms with van der Waals surface area (Å²) < 4.78 is 3.51. The molecule has 0 spiro atoms. The molecule has 0 aliphatic rings. The molecule has 0 bridgehead atoms. The zero-order chi connectivity index (χ0) is 19.4. The maximum absolute atomic E-state index is 13.0. The summed E-state index contributed by atoms with van der Waals surface area (Å²) in [7, 11) is 1.88. The summed E-state index contributed by atoms with van der Waals surface area (Å²) in [5, 5.41) is 7.30. The number of hydrogen-bond acceptors (Lipinski definition) is 4. The van der Waals surface area contributed by atoms with Crippen LogP contribution in [0.15, 0.2) is 64.5 Å². The number of nitrogens with zero attached hydrogens (tertiary/aromatic N) is 3. The van der Waals surface area contributed by atoms with Gasteiger partial charge in [-0.2, -0.15) is 0 Å². The van der Waals surface area contributed by atoms with Gasteiger partial charge in [0.05, 0.1) is 17.1 Å². The summed E-state index contributed by atoms with van der Waals surface area (Å²) in [5.74, 6) is 0. The Bertz CT molecular complexity index is 999. The smallest absolute Gasteiger partial charge is 0.295 e.